The number of ether oxygens (including phenoxy) is 2. The van der Waals surface area contributed by atoms with Gasteiger partial charge in [-0.05, 0) is 53.7 Å². The maximum Gasteiger partial charge on any atom is 0.293 e. The highest BCUT2D eigenvalue weighted by atomic mass is 32.2. The van der Waals surface area contributed by atoms with Crippen LogP contribution in [0.5, 0.6) is 11.5 Å². The molecule has 0 spiro atoms. The predicted octanol–water partition coefficient (Wildman–Crippen LogP) is 5.52. The number of thioether (sulfide) groups is 1. The molecule has 1 aliphatic rings. The number of carbonyl (C=O) groups excluding carboxylic acids is 2. The summed E-state index contributed by atoms with van der Waals surface area (Å²) in [5.74, 6) is 0.587. The Bertz CT molecular complexity index is 1130. The summed E-state index contributed by atoms with van der Waals surface area (Å²) in [6, 6.07) is 22.8. The summed E-state index contributed by atoms with van der Waals surface area (Å²) in [6.07, 6.45) is 1.65. The third-order valence-electron chi connectivity index (χ3n) is 4.70. The highest BCUT2D eigenvalue weighted by Crippen LogP contribution is 2.33. The Morgan fingerprint density at radius 1 is 0.812 bits per heavy atom. The van der Waals surface area contributed by atoms with Gasteiger partial charge < -0.3 is 9.47 Å². The second-order valence-electron chi connectivity index (χ2n) is 6.94. The van der Waals surface area contributed by atoms with Gasteiger partial charge in [-0.3, -0.25) is 14.5 Å². The number of imide groups is 1. The fourth-order valence-electron chi connectivity index (χ4n) is 3.08. The molecule has 1 fully saturated rings. The molecule has 7 heteroatoms. The molecule has 3 aromatic rings. The number of carbonyl (C=O) groups is 2. The average molecular weight is 450 g/mol. The minimum absolute atomic E-state index is 0.0908. The molecule has 0 atom stereocenters. The van der Waals surface area contributed by atoms with Crippen LogP contribution < -0.4 is 9.47 Å². The smallest absolute Gasteiger partial charge is 0.293 e. The molecule has 0 saturated carbocycles. The van der Waals surface area contributed by atoms with Crippen LogP contribution >= 0.6 is 11.8 Å². The Kier molecular flexibility index (Phi) is 6.87. The molecule has 162 valence electrons. The van der Waals surface area contributed by atoms with Crippen molar-refractivity contribution in [2.45, 2.75) is 6.54 Å². The van der Waals surface area contributed by atoms with Crippen LogP contribution in [0.2, 0.25) is 0 Å². The summed E-state index contributed by atoms with van der Waals surface area (Å²) in [7, 11) is 0. The number of benzene rings is 3. The van der Waals surface area contributed by atoms with E-state index in [1.165, 1.54) is 6.07 Å². The van der Waals surface area contributed by atoms with Gasteiger partial charge in [0.2, 0.25) is 0 Å². The molecule has 32 heavy (non-hydrogen) atoms. The van der Waals surface area contributed by atoms with E-state index >= 15 is 0 Å². The van der Waals surface area contributed by atoms with Crippen molar-refractivity contribution in [1.82, 2.24) is 4.90 Å². The Morgan fingerprint density at radius 3 is 2.12 bits per heavy atom. The van der Waals surface area contributed by atoms with Crippen LogP contribution in [-0.4, -0.2) is 29.3 Å². The van der Waals surface area contributed by atoms with E-state index in [2.05, 4.69) is 0 Å². The zero-order valence-electron chi connectivity index (χ0n) is 17.1. The monoisotopic (exact) mass is 449 g/mol. The molecule has 4 rings (SSSR count). The summed E-state index contributed by atoms with van der Waals surface area (Å²) in [4.78, 5) is 26.3. The largest absolute Gasteiger partial charge is 0.490 e. The fourth-order valence-corrected chi connectivity index (χ4v) is 3.92. The molecule has 0 unspecified atom stereocenters. The summed E-state index contributed by atoms with van der Waals surface area (Å²) < 4.78 is 25.1. The summed E-state index contributed by atoms with van der Waals surface area (Å²) in [6.45, 7) is 0.719. The van der Waals surface area contributed by atoms with Gasteiger partial charge in [0.25, 0.3) is 11.1 Å². The van der Waals surface area contributed by atoms with Gasteiger partial charge in [-0.2, -0.15) is 0 Å². The molecule has 0 aliphatic carbocycles. The van der Waals surface area contributed by atoms with Gasteiger partial charge in [-0.25, -0.2) is 4.39 Å². The molecule has 1 saturated heterocycles. The first-order valence-corrected chi connectivity index (χ1v) is 10.8. The Morgan fingerprint density at radius 2 is 1.44 bits per heavy atom. The van der Waals surface area contributed by atoms with Gasteiger partial charge in [0, 0.05) is 5.56 Å². The number of nitrogens with zero attached hydrogens (tertiary/aromatic N) is 1. The van der Waals surface area contributed by atoms with E-state index < -0.39 is 17.0 Å². The summed E-state index contributed by atoms with van der Waals surface area (Å²) in [5, 5.41) is -0.414. The first kappa shape index (κ1) is 21.6. The highest BCUT2D eigenvalue weighted by molar-refractivity contribution is 8.18. The molecular weight excluding hydrogens is 429 g/mol. The van der Waals surface area contributed by atoms with Crippen molar-refractivity contribution in [3.05, 3.63) is 101 Å². The van der Waals surface area contributed by atoms with E-state index in [0.29, 0.717) is 29.4 Å². The number of hydrogen-bond donors (Lipinski definition) is 0. The number of amides is 2. The lowest BCUT2D eigenvalue weighted by molar-refractivity contribution is -0.123. The van der Waals surface area contributed by atoms with Crippen molar-refractivity contribution in [2.24, 2.45) is 0 Å². The second-order valence-corrected chi connectivity index (χ2v) is 7.93. The Labute approximate surface area is 189 Å². The maximum absolute atomic E-state index is 13.9. The molecule has 0 bridgehead atoms. The zero-order chi connectivity index (χ0) is 22.3. The fraction of sp³-hybridized carbons (Fsp3) is 0.120. The minimum atomic E-state index is -0.444. The number of hydrogen-bond acceptors (Lipinski definition) is 5. The van der Waals surface area contributed by atoms with E-state index in [0.717, 1.165) is 28.0 Å². The molecule has 0 radical (unpaired) electrons. The lowest BCUT2D eigenvalue weighted by Gasteiger charge is -2.12. The maximum atomic E-state index is 13.9. The van der Waals surface area contributed by atoms with Crippen LogP contribution in [0.3, 0.4) is 0 Å². The van der Waals surface area contributed by atoms with Crippen molar-refractivity contribution < 1.29 is 23.5 Å². The average Bonchev–Trinajstić information content (AvgIpc) is 3.07. The van der Waals surface area contributed by atoms with E-state index in [4.69, 9.17) is 9.47 Å². The zero-order valence-corrected chi connectivity index (χ0v) is 17.9. The molecule has 1 heterocycles. The summed E-state index contributed by atoms with van der Waals surface area (Å²) >= 11 is 0.849. The van der Waals surface area contributed by atoms with Crippen LogP contribution in [0.4, 0.5) is 9.18 Å². The summed E-state index contributed by atoms with van der Waals surface area (Å²) in [5.41, 5.74) is 1.06. The number of para-hydroxylation sites is 1. The van der Waals surface area contributed by atoms with Crippen molar-refractivity contribution in [3.8, 4) is 11.5 Å². The highest BCUT2D eigenvalue weighted by Gasteiger charge is 2.35. The Balaban J connectivity index is 1.33. The van der Waals surface area contributed by atoms with E-state index in [1.807, 2.05) is 30.3 Å². The molecule has 0 aromatic heterocycles. The molecule has 0 N–H and O–H groups in total. The SMILES string of the molecule is O=C1SC(=Cc2ccc(OCCOc3ccccc3)cc2)C(=O)N1Cc1ccccc1F. The van der Waals surface area contributed by atoms with Crippen LogP contribution in [0.1, 0.15) is 11.1 Å². The van der Waals surface area contributed by atoms with Gasteiger partial charge in [0.05, 0.1) is 11.4 Å². The quantitative estimate of drug-likeness (QED) is 0.335. The minimum Gasteiger partial charge on any atom is -0.490 e. The van der Waals surface area contributed by atoms with E-state index in [-0.39, 0.29) is 6.54 Å². The molecule has 1 aliphatic heterocycles. The predicted molar refractivity (Wildman–Crippen MR) is 122 cm³/mol. The Hall–Kier alpha value is -3.58. The third kappa shape index (κ3) is 5.36. The van der Waals surface area contributed by atoms with Crippen LogP contribution in [-0.2, 0) is 11.3 Å². The molecular formula is C25H20FNO4S. The van der Waals surface area contributed by atoms with Crippen molar-refractivity contribution in [1.29, 1.82) is 0 Å². The van der Waals surface area contributed by atoms with Gasteiger partial charge in [0.1, 0.15) is 30.5 Å². The van der Waals surface area contributed by atoms with Crippen LogP contribution in [0.25, 0.3) is 6.08 Å². The number of halogens is 1. The number of rotatable bonds is 8. The first-order valence-electron chi connectivity index (χ1n) is 9.99. The molecule has 3 aromatic carbocycles. The lowest BCUT2D eigenvalue weighted by Crippen LogP contribution is -2.27. The van der Waals surface area contributed by atoms with Crippen LogP contribution in [0, 0.1) is 5.82 Å². The van der Waals surface area contributed by atoms with Crippen molar-refractivity contribution in [3.63, 3.8) is 0 Å². The van der Waals surface area contributed by atoms with Gasteiger partial charge in [-0.1, -0.05) is 48.5 Å². The van der Waals surface area contributed by atoms with Crippen LogP contribution in [0.15, 0.2) is 83.8 Å². The molecule has 5 nitrogen and oxygen atoms in total. The van der Waals surface area contributed by atoms with Crippen molar-refractivity contribution in [2.75, 3.05) is 13.2 Å². The standard InChI is InChI=1S/C25H20FNO4S/c26-22-9-5-4-6-19(22)17-27-24(28)23(32-25(27)29)16-18-10-12-21(13-11-18)31-15-14-30-20-7-2-1-3-8-20/h1-13,16H,14-15,17H2. The van der Waals surface area contributed by atoms with Gasteiger partial charge in [-0.15, -0.1) is 0 Å². The second kappa shape index (κ2) is 10.2. The normalized spacial score (nSPS) is 14.8. The molecule has 2 amide bonds. The third-order valence-corrected chi connectivity index (χ3v) is 5.61. The van der Waals surface area contributed by atoms with Gasteiger partial charge in [0.15, 0.2) is 0 Å². The van der Waals surface area contributed by atoms with E-state index in [1.54, 1.807) is 48.5 Å². The topological polar surface area (TPSA) is 55.8 Å². The van der Waals surface area contributed by atoms with E-state index in [9.17, 15) is 14.0 Å². The van der Waals surface area contributed by atoms with Crippen molar-refractivity contribution >= 4 is 29.0 Å². The lowest BCUT2D eigenvalue weighted by atomic mass is 10.2. The first-order chi connectivity index (χ1) is 15.6. The van der Waals surface area contributed by atoms with Gasteiger partial charge >= 0.3 is 0 Å².